The Morgan fingerprint density at radius 2 is 1.85 bits per heavy atom. The summed E-state index contributed by atoms with van der Waals surface area (Å²) >= 11 is 0. The molecule has 0 atom stereocenters. The summed E-state index contributed by atoms with van der Waals surface area (Å²) in [5.74, 6) is 0. The van der Waals surface area contributed by atoms with Crippen LogP contribution in [0.1, 0.15) is 46.0 Å². The van der Waals surface area contributed by atoms with E-state index < -0.39 is 0 Å². The van der Waals surface area contributed by atoms with Crippen molar-refractivity contribution < 1.29 is 9.53 Å². The van der Waals surface area contributed by atoms with Gasteiger partial charge in [-0.3, -0.25) is 0 Å². The summed E-state index contributed by atoms with van der Waals surface area (Å²) in [6.45, 7) is 5.49. The summed E-state index contributed by atoms with van der Waals surface area (Å²) in [4.78, 5) is 10.9. The molecule has 0 saturated heterocycles. The first-order valence-electron chi connectivity index (χ1n) is 5.21. The summed E-state index contributed by atoms with van der Waals surface area (Å²) in [5, 5.41) is 2.70. The molecule has 13 heavy (non-hydrogen) atoms. The summed E-state index contributed by atoms with van der Waals surface area (Å²) in [6.07, 6.45) is 5.09. The molecule has 3 heteroatoms. The smallest absolute Gasteiger partial charge is 0.407 e. The molecule has 0 radical (unpaired) electrons. The molecule has 0 rings (SSSR count). The third-order valence-electron chi connectivity index (χ3n) is 1.78. The lowest BCUT2D eigenvalue weighted by molar-refractivity contribution is 0.144. The van der Waals surface area contributed by atoms with Crippen LogP contribution in [0, 0.1) is 0 Å². The van der Waals surface area contributed by atoms with Crippen molar-refractivity contribution >= 4 is 6.09 Å². The van der Waals surface area contributed by atoms with Crippen LogP contribution in [-0.4, -0.2) is 19.2 Å². The number of hydrogen-bond donors (Lipinski definition) is 1. The van der Waals surface area contributed by atoms with Gasteiger partial charge in [-0.15, -0.1) is 0 Å². The number of unbranched alkanes of at least 4 members (excludes halogenated alkanes) is 3. The van der Waals surface area contributed by atoms with Gasteiger partial charge in [0, 0.05) is 6.54 Å². The molecular weight excluding hydrogens is 166 g/mol. The van der Waals surface area contributed by atoms with Gasteiger partial charge < -0.3 is 10.1 Å². The van der Waals surface area contributed by atoms with E-state index in [1.807, 2.05) is 0 Å². The van der Waals surface area contributed by atoms with Crippen LogP contribution in [-0.2, 0) is 4.74 Å². The highest BCUT2D eigenvalue weighted by Crippen LogP contribution is 1.94. The lowest BCUT2D eigenvalue weighted by Gasteiger charge is -2.05. The molecule has 0 aliphatic carbocycles. The number of amides is 1. The first-order valence-corrected chi connectivity index (χ1v) is 5.21. The van der Waals surface area contributed by atoms with Gasteiger partial charge >= 0.3 is 6.09 Å². The second-order valence-electron chi connectivity index (χ2n) is 3.12. The molecule has 0 unspecified atom stereocenters. The largest absolute Gasteiger partial charge is 0.450 e. The molecule has 1 N–H and O–H groups in total. The van der Waals surface area contributed by atoms with Gasteiger partial charge in [0.1, 0.15) is 0 Å². The van der Waals surface area contributed by atoms with Gasteiger partial charge in [0.15, 0.2) is 0 Å². The third-order valence-corrected chi connectivity index (χ3v) is 1.78. The van der Waals surface area contributed by atoms with E-state index in [-0.39, 0.29) is 6.09 Å². The molecule has 1 amide bonds. The number of nitrogens with one attached hydrogen (secondary N) is 1. The molecule has 0 aliphatic heterocycles. The molecule has 3 nitrogen and oxygen atoms in total. The van der Waals surface area contributed by atoms with Crippen molar-refractivity contribution in [1.82, 2.24) is 5.32 Å². The van der Waals surface area contributed by atoms with Crippen LogP contribution in [0.15, 0.2) is 0 Å². The van der Waals surface area contributed by atoms with E-state index in [1.54, 1.807) is 0 Å². The van der Waals surface area contributed by atoms with E-state index >= 15 is 0 Å². The highest BCUT2D eigenvalue weighted by Gasteiger charge is 1.98. The monoisotopic (exact) mass is 187 g/mol. The van der Waals surface area contributed by atoms with Gasteiger partial charge in [0.25, 0.3) is 0 Å². The first kappa shape index (κ1) is 12.3. The molecular formula is C10H21NO2. The van der Waals surface area contributed by atoms with Gasteiger partial charge in [-0.1, -0.05) is 33.1 Å². The summed E-state index contributed by atoms with van der Waals surface area (Å²) < 4.78 is 4.94. The quantitative estimate of drug-likeness (QED) is 0.622. The van der Waals surface area contributed by atoms with E-state index in [0.29, 0.717) is 6.61 Å². The fourth-order valence-corrected chi connectivity index (χ4v) is 0.935. The lowest BCUT2D eigenvalue weighted by Crippen LogP contribution is -2.25. The Labute approximate surface area is 80.8 Å². The van der Waals surface area contributed by atoms with E-state index in [2.05, 4.69) is 19.2 Å². The molecule has 0 aromatic carbocycles. The number of alkyl carbamates (subject to hydrolysis) is 1. The van der Waals surface area contributed by atoms with Crippen LogP contribution in [0.25, 0.3) is 0 Å². The predicted octanol–water partition coefficient (Wildman–Crippen LogP) is 2.70. The standard InChI is InChI=1S/C10H21NO2/c1-3-5-7-9-13-10(12)11-8-6-4-2/h3-9H2,1-2H3,(H,11,12). The lowest BCUT2D eigenvalue weighted by atomic mass is 10.3. The second kappa shape index (κ2) is 9.36. The SMILES string of the molecule is CCCCCOC(=O)NCCCC. The number of carbonyl (C=O) groups excluding carboxylic acids is 1. The fourth-order valence-electron chi connectivity index (χ4n) is 0.935. The van der Waals surface area contributed by atoms with Gasteiger partial charge in [-0.25, -0.2) is 4.79 Å². The Morgan fingerprint density at radius 3 is 2.46 bits per heavy atom. The molecule has 0 heterocycles. The minimum absolute atomic E-state index is 0.274. The van der Waals surface area contributed by atoms with Gasteiger partial charge in [-0.05, 0) is 12.8 Å². The van der Waals surface area contributed by atoms with Crippen LogP contribution < -0.4 is 5.32 Å². The summed E-state index contributed by atoms with van der Waals surface area (Å²) in [5.41, 5.74) is 0. The Kier molecular flexibility index (Phi) is 8.83. The van der Waals surface area contributed by atoms with Crippen LogP contribution in [0.4, 0.5) is 4.79 Å². The van der Waals surface area contributed by atoms with E-state index in [0.717, 1.165) is 38.6 Å². The van der Waals surface area contributed by atoms with Crippen molar-refractivity contribution in [3.8, 4) is 0 Å². The van der Waals surface area contributed by atoms with Crippen LogP contribution in [0.5, 0.6) is 0 Å². The molecule has 78 valence electrons. The van der Waals surface area contributed by atoms with Gasteiger partial charge in [0.05, 0.1) is 6.61 Å². The molecule has 0 aromatic rings. The van der Waals surface area contributed by atoms with Crippen molar-refractivity contribution in [3.63, 3.8) is 0 Å². The van der Waals surface area contributed by atoms with Crippen LogP contribution in [0.3, 0.4) is 0 Å². The zero-order valence-corrected chi connectivity index (χ0v) is 8.77. The zero-order valence-electron chi connectivity index (χ0n) is 8.77. The number of ether oxygens (including phenoxy) is 1. The maximum absolute atomic E-state index is 10.9. The van der Waals surface area contributed by atoms with Gasteiger partial charge in [-0.2, -0.15) is 0 Å². The van der Waals surface area contributed by atoms with Crippen molar-refractivity contribution in [3.05, 3.63) is 0 Å². The van der Waals surface area contributed by atoms with E-state index in [1.165, 1.54) is 0 Å². The normalized spacial score (nSPS) is 9.69. The Hall–Kier alpha value is -0.730. The molecule has 0 spiro atoms. The molecule has 0 bridgehead atoms. The number of rotatable bonds is 7. The van der Waals surface area contributed by atoms with Gasteiger partial charge in [0.2, 0.25) is 0 Å². The Balaban J connectivity index is 3.11. The first-order chi connectivity index (χ1) is 6.31. The average molecular weight is 187 g/mol. The second-order valence-corrected chi connectivity index (χ2v) is 3.12. The highest BCUT2D eigenvalue weighted by molar-refractivity contribution is 5.66. The Morgan fingerprint density at radius 1 is 1.15 bits per heavy atom. The Bertz CT molecular complexity index is 126. The minimum Gasteiger partial charge on any atom is -0.450 e. The average Bonchev–Trinajstić information content (AvgIpc) is 2.13. The van der Waals surface area contributed by atoms with Crippen molar-refractivity contribution in [1.29, 1.82) is 0 Å². The van der Waals surface area contributed by atoms with E-state index in [4.69, 9.17) is 4.74 Å². The van der Waals surface area contributed by atoms with Crippen LogP contribution in [0.2, 0.25) is 0 Å². The van der Waals surface area contributed by atoms with E-state index in [9.17, 15) is 4.79 Å². The minimum atomic E-state index is -0.274. The molecule has 0 saturated carbocycles. The van der Waals surface area contributed by atoms with Crippen molar-refractivity contribution in [2.24, 2.45) is 0 Å². The zero-order chi connectivity index (χ0) is 9.94. The molecule has 0 aliphatic rings. The number of hydrogen-bond acceptors (Lipinski definition) is 2. The maximum atomic E-state index is 10.9. The highest BCUT2D eigenvalue weighted by atomic mass is 16.5. The van der Waals surface area contributed by atoms with Crippen LogP contribution >= 0.6 is 0 Å². The maximum Gasteiger partial charge on any atom is 0.407 e. The summed E-state index contributed by atoms with van der Waals surface area (Å²) in [6, 6.07) is 0. The number of carbonyl (C=O) groups is 1. The van der Waals surface area contributed by atoms with Crippen molar-refractivity contribution in [2.45, 2.75) is 46.0 Å². The topological polar surface area (TPSA) is 38.3 Å². The predicted molar refractivity (Wildman–Crippen MR) is 53.8 cm³/mol. The molecule has 0 aromatic heterocycles. The third kappa shape index (κ3) is 9.18. The summed E-state index contributed by atoms with van der Waals surface area (Å²) in [7, 11) is 0. The fraction of sp³-hybridized carbons (Fsp3) is 0.900. The molecule has 0 fully saturated rings. The van der Waals surface area contributed by atoms with Crippen molar-refractivity contribution in [2.75, 3.05) is 13.2 Å².